The summed E-state index contributed by atoms with van der Waals surface area (Å²) in [4.78, 5) is 14.6. The average molecular weight is 222 g/mol. The van der Waals surface area contributed by atoms with Crippen LogP contribution in [0.25, 0.3) is 0 Å². The smallest absolute Gasteiger partial charge is 0.228 e. The topological polar surface area (TPSA) is 32.3 Å². The fourth-order valence-electron chi connectivity index (χ4n) is 3.60. The van der Waals surface area contributed by atoms with Gasteiger partial charge in [-0.2, -0.15) is 0 Å². The van der Waals surface area contributed by atoms with Gasteiger partial charge in [-0.05, 0) is 31.6 Å². The molecule has 90 valence electrons. The highest BCUT2D eigenvalue weighted by Gasteiger charge is 2.39. The van der Waals surface area contributed by atoms with Gasteiger partial charge in [0.05, 0.1) is 5.92 Å². The second-order valence-corrected chi connectivity index (χ2v) is 5.64. The third-order valence-corrected chi connectivity index (χ3v) is 4.66. The largest absolute Gasteiger partial charge is 0.339 e. The van der Waals surface area contributed by atoms with Crippen LogP contribution in [-0.2, 0) is 4.79 Å². The van der Waals surface area contributed by atoms with Crippen molar-refractivity contribution >= 4 is 5.91 Å². The van der Waals surface area contributed by atoms with Gasteiger partial charge in [0.2, 0.25) is 5.91 Å². The quantitative estimate of drug-likeness (QED) is 0.727. The number of rotatable bonds is 1. The molecule has 0 aromatic carbocycles. The van der Waals surface area contributed by atoms with Gasteiger partial charge in [0, 0.05) is 25.7 Å². The van der Waals surface area contributed by atoms with Gasteiger partial charge in [-0.15, -0.1) is 0 Å². The molecule has 2 heterocycles. The lowest BCUT2D eigenvalue weighted by molar-refractivity contribution is -0.143. The first-order chi connectivity index (χ1) is 7.86. The van der Waals surface area contributed by atoms with Gasteiger partial charge < -0.3 is 10.2 Å². The molecule has 0 bridgehead atoms. The minimum Gasteiger partial charge on any atom is -0.339 e. The van der Waals surface area contributed by atoms with Gasteiger partial charge in [-0.3, -0.25) is 4.79 Å². The Hall–Kier alpha value is -0.570. The van der Waals surface area contributed by atoms with Crippen LogP contribution in [0.15, 0.2) is 0 Å². The number of likely N-dealkylation sites (tertiary alicyclic amines) is 1. The molecule has 1 aliphatic carbocycles. The Bertz CT molecular complexity index is 273. The Morgan fingerprint density at radius 2 is 1.81 bits per heavy atom. The zero-order chi connectivity index (χ0) is 11.0. The van der Waals surface area contributed by atoms with Crippen LogP contribution in [0, 0.1) is 11.8 Å². The van der Waals surface area contributed by atoms with Crippen LogP contribution >= 0.6 is 0 Å². The van der Waals surface area contributed by atoms with Gasteiger partial charge in [-0.25, -0.2) is 0 Å². The van der Waals surface area contributed by atoms with Crippen molar-refractivity contribution in [1.29, 1.82) is 0 Å². The van der Waals surface area contributed by atoms with E-state index in [1.807, 2.05) is 0 Å². The minimum atomic E-state index is 0.292. The van der Waals surface area contributed by atoms with Crippen LogP contribution in [0.3, 0.4) is 0 Å². The molecule has 1 saturated carbocycles. The zero-order valence-corrected chi connectivity index (χ0v) is 9.95. The van der Waals surface area contributed by atoms with Gasteiger partial charge in [-0.1, -0.05) is 12.8 Å². The van der Waals surface area contributed by atoms with E-state index in [-0.39, 0.29) is 0 Å². The lowest BCUT2D eigenvalue weighted by Gasteiger charge is -2.46. The summed E-state index contributed by atoms with van der Waals surface area (Å²) < 4.78 is 0. The summed E-state index contributed by atoms with van der Waals surface area (Å²) in [6.45, 7) is 2.84. The van der Waals surface area contributed by atoms with Gasteiger partial charge >= 0.3 is 0 Å². The molecule has 0 spiro atoms. The predicted octanol–water partition coefficient (Wildman–Crippen LogP) is 1.39. The van der Waals surface area contributed by atoms with E-state index in [2.05, 4.69) is 10.2 Å². The number of piperidine rings is 1. The van der Waals surface area contributed by atoms with Crippen molar-refractivity contribution in [1.82, 2.24) is 10.2 Å². The number of fused-ring (bicyclic) bond motifs is 1. The highest BCUT2D eigenvalue weighted by atomic mass is 16.2. The Kier molecular flexibility index (Phi) is 2.88. The first kappa shape index (κ1) is 10.6. The summed E-state index contributed by atoms with van der Waals surface area (Å²) in [5.41, 5.74) is 0. The number of amides is 1. The first-order valence-corrected chi connectivity index (χ1v) is 6.87. The van der Waals surface area contributed by atoms with Crippen molar-refractivity contribution < 1.29 is 4.79 Å². The molecule has 3 aliphatic rings. The van der Waals surface area contributed by atoms with Gasteiger partial charge in [0.1, 0.15) is 0 Å². The van der Waals surface area contributed by atoms with E-state index >= 15 is 0 Å². The molecule has 3 heteroatoms. The molecule has 2 atom stereocenters. The van der Waals surface area contributed by atoms with Crippen molar-refractivity contribution in [3.05, 3.63) is 0 Å². The SMILES string of the molecule is O=C(C1CNC1)N1CCCC2CCCCC21. The normalized spacial score (nSPS) is 35.4. The first-order valence-electron chi connectivity index (χ1n) is 6.87. The molecule has 0 aromatic heterocycles. The molecule has 2 unspecified atom stereocenters. The van der Waals surface area contributed by atoms with Crippen molar-refractivity contribution in [3.63, 3.8) is 0 Å². The second kappa shape index (κ2) is 4.36. The fourth-order valence-corrected chi connectivity index (χ4v) is 3.60. The number of nitrogens with zero attached hydrogens (tertiary/aromatic N) is 1. The van der Waals surface area contributed by atoms with Crippen LogP contribution in [0.2, 0.25) is 0 Å². The third-order valence-electron chi connectivity index (χ3n) is 4.66. The monoisotopic (exact) mass is 222 g/mol. The van der Waals surface area contributed by atoms with Crippen molar-refractivity contribution in [2.45, 2.75) is 44.6 Å². The molecule has 3 rings (SSSR count). The number of hydrogen-bond donors (Lipinski definition) is 1. The third kappa shape index (κ3) is 1.75. The maximum absolute atomic E-state index is 12.3. The highest BCUT2D eigenvalue weighted by molar-refractivity contribution is 5.80. The van der Waals surface area contributed by atoms with Crippen molar-refractivity contribution in [2.75, 3.05) is 19.6 Å². The maximum atomic E-state index is 12.3. The number of nitrogens with one attached hydrogen (secondary N) is 1. The predicted molar refractivity (Wildman–Crippen MR) is 63.1 cm³/mol. The Labute approximate surface area is 97.6 Å². The molecule has 2 aliphatic heterocycles. The summed E-state index contributed by atoms with van der Waals surface area (Å²) in [7, 11) is 0. The van der Waals surface area contributed by atoms with Crippen LogP contribution in [0.4, 0.5) is 0 Å². The molecule has 2 saturated heterocycles. The van der Waals surface area contributed by atoms with Crippen molar-refractivity contribution in [2.24, 2.45) is 11.8 Å². The Balaban J connectivity index is 1.69. The average Bonchev–Trinajstić information content (AvgIpc) is 2.26. The van der Waals surface area contributed by atoms with Gasteiger partial charge in [0.15, 0.2) is 0 Å². The minimum absolute atomic E-state index is 0.292. The molecular weight excluding hydrogens is 200 g/mol. The van der Waals surface area contributed by atoms with Crippen molar-refractivity contribution in [3.8, 4) is 0 Å². The summed E-state index contributed by atoms with van der Waals surface area (Å²) in [6, 6.07) is 0.593. The Morgan fingerprint density at radius 1 is 1.06 bits per heavy atom. The van der Waals surface area contributed by atoms with E-state index in [9.17, 15) is 4.79 Å². The molecule has 3 fully saturated rings. The lowest BCUT2D eigenvalue weighted by atomic mass is 9.78. The van der Waals surface area contributed by atoms with Crippen LogP contribution in [0.5, 0.6) is 0 Å². The highest BCUT2D eigenvalue weighted by Crippen LogP contribution is 2.36. The summed E-state index contributed by atoms with van der Waals surface area (Å²) in [5, 5.41) is 3.21. The second-order valence-electron chi connectivity index (χ2n) is 5.64. The number of hydrogen-bond acceptors (Lipinski definition) is 2. The van der Waals surface area contributed by atoms with Crippen LogP contribution in [-0.4, -0.2) is 36.5 Å². The summed E-state index contributed by atoms with van der Waals surface area (Å²) in [6.07, 6.45) is 7.92. The molecule has 0 radical (unpaired) electrons. The van der Waals surface area contributed by atoms with E-state index < -0.39 is 0 Å². The molecule has 3 nitrogen and oxygen atoms in total. The Morgan fingerprint density at radius 3 is 2.56 bits per heavy atom. The standard InChI is InChI=1S/C13H22N2O/c16-13(11-8-14-9-11)15-7-3-5-10-4-1-2-6-12(10)15/h10-12,14H,1-9H2. The van der Waals surface area contributed by atoms with E-state index in [4.69, 9.17) is 0 Å². The van der Waals surface area contributed by atoms with Crippen LogP contribution < -0.4 is 5.32 Å². The van der Waals surface area contributed by atoms with E-state index in [0.717, 1.165) is 25.6 Å². The van der Waals surface area contributed by atoms with E-state index in [1.165, 1.54) is 38.5 Å². The fraction of sp³-hybridized carbons (Fsp3) is 0.923. The zero-order valence-electron chi connectivity index (χ0n) is 9.95. The lowest BCUT2D eigenvalue weighted by Crippen LogP contribution is -2.57. The maximum Gasteiger partial charge on any atom is 0.228 e. The molecule has 1 amide bonds. The summed E-state index contributed by atoms with van der Waals surface area (Å²) in [5.74, 6) is 1.55. The molecular formula is C13H22N2O. The molecule has 0 aromatic rings. The van der Waals surface area contributed by atoms with E-state index in [1.54, 1.807) is 0 Å². The van der Waals surface area contributed by atoms with Crippen LogP contribution in [0.1, 0.15) is 38.5 Å². The number of carbonyl (C=O) groups excluding carboxylic acids is 1. The van der Waals surface area contributed by atoms with E-state index in [0.29, 0.717) is 17.9 Å². The molecule has 16 heavy (non-hydrogen) atoms. The van der Waals surface area contributed by atoms with Gasteiger partial charge in [0.25, 0.3) is 0 Å². The molecule has 1 N–H and O–H groups in total. The number of carbonyl (C=O) groups is 1. The summed E-state index contributed by atoms with van der Waals surface area (Å²) >= 11 is 0.